The van der Waals surface area contributed by atoms with Gasteiger partial charge in [0.2, 0.25) is 6.23 Å². The monoisotopic (exact) mass is 337 g/mol. The predicted molar refractivity (Wildman–Crippen MR) is 87.4 cm³/mol. The molecule has 24 heavy (non-hydrogen) atoms. The molecule has 1 rings (SSSR count). The van der Waals surface area contributed by atoms with Crippen LogP contribution in [0.4, 0.5) is 4.79 Å². The number of amides is 1. The lowest BCUT2D eigenvalue weighted by Gasteiger charge is -2.27. The maximum absolute atomic E-state index is 12.0. The molecule has 0 aliphatic carbocycles. The van der Waals surface area contributed by atoms with Crippen molar-refractivity contribution < 1.29 is 24.3 Å². The van der Waals surface area contributed by atoms with Crippen LogP contribution in [0.3, 0.4) is 0 Å². The molecule has 0 spiro atoms. The van der Waals surface area contributed by atoms with Gasteiger partial charge in [-0.2, -0.15) is 0 Å². The standard InChI is InChI=1S/C16H23N3O5/c1-11(2)14(15(17-10-18-22)24-12(3)20)19-16(21)23-9-13-7-5-4-6-8-13/h4-8,10-11,14-15,22H,9H2,1-3H3,(H,17,18)(H,19,21)/t14-,15?/m0/s1. The molecule has 1 aromatic carbocycles. The molecule has 2 atom stereocenters. The van der Waals surface area contributed by atoms with Crippen LogP contribution in [0.25, 0.3) is 0 Å². The van der Waals surface area contributed by atoms with Gasteiger partial charge in [0.05, 0.1) is 6.04 Å². The van der Waals surface area contributed by atoms with E-state index in [0.29, 0.717) is 0 Å². The van der Waals surface area contributed by atoms with Gasteiger partial charge in [-0.1, -0.05) is 44.2 Å². The number of ether oxygens (including phenoxy) is 2. The lowest BCUT2D eigenvalue weighted by atomic mass is 10.0. The molecule has 0 aliphatic rings. The van der Waals surface area contributed by atoms with Crippen molar-refractivity contribution >= 4 is 18.4 Å². The SMILES string of the molecule is CC(=O)OC(N=CNO)[C@@H](NC(=O)OCc1ccccc1)C(C)C. The van der Waals surface area contributed by atoms with Crippen LogP contribution in [-0.2, 0) is 20.9 Å². The van der Waals surface area contributed by atoms with Crippen LogP contribution in [0.1, 0.15) is 26.3 Å². The zero-order valence-corrected chi connectivity index (χ0v) is 13.9. The lowest BCUT2D eigenvalue weighted by molar-refractivity contribution is -0.147. The molecule has 0 fully saturated rings. The van der Waals surface area contributed by atoms with Crippen LogP contribution in [0.5, 0.6) is 0 Å². The molecule has 8 nitrogen and oxygen atoms in total. The summed E-state index contributed by atoms with van der Waals surface area (Å²) in [6.07, 6.45) is -0.673. The quantitative estimate of drug-likeness (QED) is 0.289. The number of esters is 1. The van der Waals surface area contributed by atoms with E-state index >= 15 is 0 Å². The van der Waals surface area contributed by atoms with Crippen molar-refractivity contribution in [1.29, 1.82) is 0 Å². The Morgan fingerprint density at radius 3 is 2.50 bits per heavy atom. The Kier molecular flexibility index (Phi) is 8.28. The fourth-order valence-electron chi connectivity index (χ4n) is 1.94. The Hall–Kier alpha value is -2.61. The topological polar surface area (TPSA) is 109 Å². The number of carbonyl (C=O) groups is 2. The second-order valence-corrected chi connectivity index (χ2v) is 5.38. The van der Waals surface area contributed by atoms with Crippen LogP contribution < -0.4 is 10.8 Å². The second-order valence-electron chi connectivity index (χ2n) is 5.38. The molecule has 0 aliphatic heterocycles. The molecular weight excluding hydrogens is 314 g/mol. The first-order valence-corrected chi connectivity index (χ1v) is 7.49. The van der Waals surface area contributed by atoms with E-state index in [1.807, 2.05) is 44.2 Å². The van der Waals surface area contributed by atoms with Gasteiger partial charge in [0.1, 0.15) is 12.9 Å². The number of nitrogens with zero attached hydrogens (tertiary/aromatic N) is 1. The van der Waals surface area contributed by atoms with E-state index in [1.54, 1.807) is 5.48 Å². The van der Waals surface area contributed by atoms with Crippen molar-refractivity contribution in [3.8, 4) is 0 Å². The number of aliphatic imine (C=N–C) groups is 1. The summed E-state index contributed by atoms with van der Waals surface area (Å²) in [6, 6.07) is 8.62. The van der Waals surface area contributed by atoms with Gasteiger partial charge in [-0.05, 0) is 11.5 Å². The van der Waals surface area contributed by atoms with E-state index in [9.17, 15) is 9.59 Å². The minimum atomic E-state index is -0.994. The average molecular weight is 337 g/mol. The molecule has 1 aromatic rings. The van der Waals surface area contributed by atoms with Crippen LogP contribution in [0.15, 0.2) is 35.3 Å². The number of hydrogen-bond acceptors (Lipinski definition) is 6. The highest BCUT2D eigenvalue weighted by Crippen LogP contribution is 2.12. The summed E-state index contributed by atoms with van der Waals surface area (Å²) in [5.74, 6) is -0.658. The van der Waals surface area contributed by atoms with Crippen molar-refractivity contribution in [2.45, 2.75) is 39.6 Å². The van der Waals surface area contributed by atoms with Crippen LogP contribution in [0.2, 0.25) is 0 Å². The first-order chi connectivity index (χ1) is 11.4. The summed E-state index contributed by atoms with van der Waals surface area (Å²) >= 11 is 0. The van der Waals surface area contributed by atoms with Gasteiger partial charge in [0.25, 0.3) is 0 Å². The van der Waals surface area contributed by atoms with Crippen molar-refractivity contribution in [1.82, 2.24) is 10.8 Å². The number of hydrogen-bond donors (Lipinski definition) is 3. The summed E-state index contributed by atoms with van der Waals surface area (Å²) in [6.45, 7) is 5.03. The van der Waals surface area contributed by atoms with Gasteiger partial charge >= 0.3 is 12.1 Å². The third-order valence-electron chi connectivity index (χ3n) is 3.09. The number of benzene rings is 1. The van der Waals surface area contributed by atoms with Crippen LogP contribution in [-0.4, -0.2) is 35.9 Å². The summed E-state index contributed by atoms with van der Waals surface area (Å²) < 4.78 is 10.2. The Labute approximate surface area is 140 Å². The molecule has 0 saturated carbocycles. The summed E-state index contributed by atoms with van der Waals surface area (Å²) in [5, 5.41) is 11.2. The van der Waals surface area contributed by atoms with Crippen LogP contribution in [0, 0.1) is 5.92 Å². The molecule has 0 bridgehead atoms. The van der Waals surface area contributed by atoms with Crippen LogP contribution >= 0.6 is 0 Å². The Balaban J connectivity index is 2.69. The van der Waals surface area contributed by atoms with Crippen molar-refractivity contribution in [2.75, 3.05) is 0 Å². The van der Waals surface area contributed by atoms with E-state index in [0.717, 1.165) is 11.9 Å². The Bertz CT molecular complexity index is 548. The largest absolute Gasteiger partial charge is 0.445 e. The maximum Gasteiger partial charge on any atom is 0.407 e. The Morgan fingerprint density at radius 1 is 1.29 bits per heavy atom. The fraction of sp³-hybridized carbons (Fsp3) is 0.438. The minimum Gasteiger partial charge on any atom is -0.445 e. The van der Waals surface area contributed by atoms with Gasteiger partial charge in [-0.3, -0.25) is 15.5 Å². The molecule has 0 aromatic heterocycles. The lowest BCUT2D eigenvalue weighted by Crippen LogP contribution is -2.48. The Morgan fingerprint density at radius 2 is 1.96 bits per heavy atom. The highest BCUT2D eigenvalue weighted by molar-refractivity contribution is 5.69. The molecule has 0 saturated heterocycles. The predicted octanol–water partition coefficient (Wildman–Crippen LogP) is 1.83. The van der Waals surface area contributed by atoms with Gasteiger partial charge < -0.3 is 14.8 Å². The van der Waals surface area contributed by atoms with Gasteiger partial charge in [-0.25, -0.2) is 9.79 Å². The molecule has 0 heterocycles. The first-order valence-electron chi connectivity index (χ1n) is 7.49. The molecule has 3 N–H and O–H groups in total. The van der Waals surface area contributed by atoms with E-state index < -0.39 is 24.3 Å². The molecule has 1 amide bonds. The van der Waals surface area contributed by atoms with Gasteiger partial charge in [0.15, 0.2) is 0 Å². The van der Waals surface area contributed by atoms with E-state index in [2.05, 4.69) is 10.3 Å². The summed E-state index contributed by atoms with van der Waals surface area (Å²) in [4.78, 5) is 27.1. The number of hydroxylamine groups is 1. The highest BCUT2D eigenvalue weighted by Gasteiger charge is 2.28. The molecule has 1 unspecified atom stereocenters. The number of rotatable bonds is 8. The minimum absolute atomic E-state index is 0.102. The van der Waals surface area contributed by atoms with Crippen molar-refractivity contribution in [3.63, 3.8) is 0 Å². The smallest absolute Gasteiger partial charge is 0.407 e. The molecule has 132 valence electrons. The molecular formula is C16H23N3O5. The van der Waals surface area contributed by atoms with Crippen molar-refractivity contribution in [3.05, 3.63) is 35.9 Å². The number of alkyl carbamates (subject to hydrolysis) is 1. The highest BCUT2D eigenvalue weighted by atomic mass is 16.6. The van der Waals surface area contributed by atoms with Gasteiger partial charge in [-0.15, -0.1) is 0 Å². The summed E-state index contributed by atoms with van der Waals surface area (Å²) in [7, 11) is 0. The van der Waals surface area contributed by atoms with E-state index in [4.69, 9.17) is 14.7 Å². The normalized spacial score (nSPS) is 13.4. The van der Waals surface area contributed by atoms with Gasteiger partial charge in [0, 0.05) is 6.92 Å². The average Bonchev–Trinajstić information content (AvgIpc) is 2.55. The third-order valence-corrected chi connectivity index (χ3v) is 3.09. The maximum atomic E-state index is 12.0. The molecule has 0 radical (unpaired) electrons. The third kappa shape index (κ3) is 7.10. The zero-order chi connectivity index (χ0) is 17.9. The zero-order valence-electron chi connectivity index (χ0n) is 13.9. The number of nitrogens with one attached hydrogen (secondary N) is 2. The second kappa shape index (κ2) is 10.2. The number of carbonyl (C=O) groups excluding carboxylic acids is 2. The van der Waals surface area contributed by atoms with E-state index in [-0.39, 0.29) is 12.5 Å². The first kappa shape index (κ1) is 19.4. The van der Waals surface area contributed by atoms with Crippen molar-refractivity contribution in [2.24, 2.45) is 10.9 Å². The fourth-order valence-corrected chi connectivity index (χ4v) is 1.94. The molecule has 8 heteroatoms. The summed E-state index contributed by atoms with van der Waals surface area (Å²) in [5.41, 5.74) is 2.59. The van der Waals surface area contributed by atoms with E-state index in [1.165, 1.54) is 6.92 Å².